The fourth-order valence-electron chi connectivity index (χ4n) is 1.73. The lowest BCUT2D eigenvalue weighted by molar-refractivity contribution is 0.100. The highest BCUT2D eigenvalue weighted by molar-refractivity contribution is 7.85. The van der Waals surface area contributed by atoms with E-state index >= 15 is 0 Å². The first-order valence-corrected chi connectivity index (χ1v) is 8.36. The number of nitrogens with zero attached hydrogens (tertiary/aromatic N) is 1. The normalized spacial score (nSPS) is 10.8. The number of hydrogen-bond donors (Lipinski definition) is 3. The lowest BCUT2D eigenvalue weighted by Gasteiger charge is -2.03. The number of nitrogens with two attached hydrogens (primary N) is 2. The highest BCUT2D eigenvalue weighted by Gasteiger charge is 2.18. The summed E-state index contributed by atoms with van der Waals surface area (Å²) < 4.78 is 56.1. The molecule has 0 aliphatic heterocycles. The average molecular weight is 375 g/mol. The standard InChI is InChI=1S/C13H11F2N3O2.CH4O3S/c14-11(15)10-9(4-5-20-10)7-2-1-3-8(6-7)12(19)18-13(16)17;1-5(2,3)4/h1-6,11H,(H4,16,17,18,19);1H3,(H,2,3,4). The van der Waals surface area contributed by atoms with Crippen LogP contribution in [-0.2, 0) is 10.1 Å². The molecule has 0 unspecified atom stereocenters. The summed E-state index contributed by atoms with van der Waals surface area (Å²) >= 11 is 0. The molecule has 0 bridgehead atoms. The summed E-state index contributed by atoms with van der Waals surface area (Å²) in [5.41, 5.74) is 11.1. The van der Waals surface area contributed by atoms with E-state index < -0.39 is 28.2 Å². The van der Waals surface area contributed by atoms with Gasteiger partial charge in [0.15, 0.2) is 11.7 Å². The quantitative estimate of drug-likeness (QED) is 0.420. The van der Waals surface area contributed by atoms with Crippen molar-refractivity contribution in [2.24, 2.45) is 16.5 Å². The summed E-state index contributed by atoms with van der Waals surface area (Å²) in [5.74, 6) is -1.46. The SMILES string of the molecule is CS(=O)(=O)O.NC(N)=NC(=O)c1cccc(-c2ccoc2C(F)F)c1. The lowest BCUT2D eigenvalue weighted by Crippen LogP contribution is -2.24. The number of benzene rings is 1. The number of amides is 1. The van der Waals surface area contributed by atoms with E-state index in [1.165, 1.54) is 24.5 Å². The number of furan rings is 1. The lowest BCUT2D eigenvalue weighted by atomic mass is 10.0. The first-order valence-electron chi connectivity index (χ1n) is 6.51. The van der Waals surface area contributed by atoms with Crippen molar-refractivity contribution in [3.8, 4) is 11.1 Å². The number of alkyl halides is 2. The minimum absolute atomic E-state index is 0.192. The number of carbonyl (C=O) groups is 1. The smallest absolute Gasteiger partial charge is 0.296 e. The Kier molecular flexibility index (Phi) is 6.77. The molecule has 1 aromatic carbocycles. The summed E-state index contributed by atoms with van der Waals surface area (Å²) in [5, 5.41) is 0. The largest absolute Gasteiger partial charge is 0.463 e. The summed E-state index contributed by atoms with van der Waals surface area (Å²) in [6, 6.07) is 7.45. The zero-order chi connectivity index (χ0) is 19.2. The molecule has 25 heavy (non-hydrogen) atoms. The van der Waals surface area contributed by atoms with Crippen LogP contribution in [0.4, 0.5) is 8.78 Å². The molecule has 8 nitrogen and oxygen atoms in total. The molecule has 136 valence electrons. The number of guanidine groups is 1. The molecule has 0 radical (unpaired) electrons. The number of carbonyl (C=O) groups excluding carboxylic acids is 1. The molecule has 5 N–H and O–H groups in total. The highest BCUT2D eigenvalue weighted by Crippen LogP contribution is 2.32. The third kappa shape index (κ3) is 7.10. The van der Waals surface area contributed by atoms with Crippen LogP contribution >= 0.6 is 0 Å². The summed E-state index contributed by atoms with van der Waals surface area (Å²) in [7, 11) is -3.67. The molecule has 0 saturated heterocycles. The van der Waals surface area contributed by atoms with Crippen LogP contribution < -0.4 is 11.5 Å². The van der Waals surface area contributed by atoms with Gasteiger partial charge in [0, 0.05) is 11.1 Å². The second-order valence-electron chi connectivity index (χ2n) is 4.65. The molecule has 2 rings (SSSR count). The Hall–Kier alpha value is -2.79. The number of halogens is 2. The molecule has 0 fully saturated rings. The van der Waals surface area contributed by atoms with Crippen molar-refractivity contribution in [3.63, 3.8) is 0 Å². The first-order chi connectivity index (χ1) is 11.5. The Morgan fingerprint density at radius 2 is 1.88 bits per heavy atom. The predicted molar refractivity (Wildman–Crippen MR) is 86.7 cm³/mol. The van der Waals surface area contributed by atoms with E-state index in [1.807, 2.05) is 0 Å². The third-order valence-corrected chi connectivity index (χ3v) is 2.54. The van der Waals surface area contributed by atoms with Gasteiger partial charge in [-0.2, -0.15) is 13.4 Å². The van der Waals surface area contributed by atoms with Crippen molar-refractivity contribution < 1.29 is 31.0 Å². The highest BCUT2D eigenvalue weighted by atomic mass is 32.2. The van der Waals surface area contributed by atoms with E-state index in [9.17, 15) is 22.0 Å². The number of aliphatic imine (C=N–C) groups is 1. The van der Waals surface area contributed by atoms with Crippen LogP contribution in [0.5, 0.6) is 0 Å². The molecule has 11 heteroatoms. The Morgan fingerprint density at radius 1 is 1.28 bits per heavy atom. The van der Waals surface area contributed by atoms with E-state index in [2.05, 4.69) is 4.99 Å². The average Bonchev–Trinajstić information content (AvgIpc) is 2.94. The molecule has 0 aliphatic carbocycles. The van der Waals surface area contributed by atoms with Crippen molar-refractivity contribution in [1.82, 2.24) is 0 Å². The van der Waals surface area contributed by atoms with Gasteiger partial charge < -0.3 is 15.9 Å². The Labute approximate surface area is 141 Å². The molecule has 1 heterocycles. The van der Waals surface area contributed by atoms with Crippen LogP contribution in [-0.4, -0.2) is 31.1 Å². The van der Waals surface area contributed by atoms with Gasteiger partial charge in [0.25, 0.3) is 22.5 Å². The van der Waals surface area contributed by atoms with Crippen molar-refractivity contribution in [2.45, 2.75) is 6.43 Å². The van der Waals surface area contributed by atoms with Gasteiger partial charge in [-0.15, -0.1) is 0 Å². The van der Waals surface area contributed by atoms with Crippen LogP contribution in [0.3, 0.4) is 0 Å². The molecule has 0 aliphatic rings. The Morgan fingerprint density at radius 3 is 2.40 bits per heavy atom. The van der Waals surface area contributed by atoms with Crippen molar-refractivity contribution in [2.75, 3.05) is 6.26 Å². The van der Waals surface area contributed by atoms with Crippen LogP contribution in [0, 0.1) is 0 Å². The fourth-order valence-corrected chi connectivity index (χ4v) is 1.73. The van der Waals surface area contributed by atoms with Gasteiger partial charge in [0.1, 0.15) is 0 Å². The maximum Gasteiger partial charge on any atom is 0.296 e. The number of hydrogen-bond acceptors (Lipinski definition) is 4. The zero-order valence-electron chi connectivity index (χ0n) is 12.9. The van der Waals surface area contributed by atoms with Gasteiger partial charge in [-0.1, -0.05) is 12.1 Å². The third-order valence-electron chi connectivity index (χ3n) is 2.54. The predicted octanol–water partition coefficient (Wildman–Crippen LogP) is 1.80. The summed E-state index contributed by atoms with van der Waals surface area (Å²) in [4.78, 5) is 15.1. The molecule has 1 aromatic heterocycles. The van der Waals surface area contributed by atoms with Crippen LogP contribution in [0.25, 0.3) is 11.1 Å². The minimum Gasteiger partial charge on any atom is -0.463 e. The molecular formula is C14H15F2N3O5S. The van der Waals surface area contributed by atoms with Gasteiger partial charge >= 0.3 is 0 Å². The molecule has 0 atom stereocenters. The maximum atomic E-state index is 12.8. The molecule has 0 spiro atoms. The first kappa shape index (κ1) is 20.3. The summed E-state index contributed by atoms with van der Waals surface area (Å²) in [6.07, 6.45) is -0.856. The second kappa shape index (κ2) is 8.35. The van der Waals surface area contributed by atoms with Gasteiger partial charge in [0.05, 0.1) is 12.5 Å². The second-order valence-corrected chi connectivity index (χ2v) is 6.12. The van der Waals surface area contributed by atoms with E-state index in [4.69, 9.17) is 20.4 Å². The zero-order valence-corrected chi connectivity index (χ0v) is 13.7. The monoisotopic (exact) mass is 375 g/mol. The van der Waals surface area contributed by atoms with Crippen LogP contribution in [0.15, 0.2) is 46.0 Å². The van der Waals surface area contributed by atoms with E-state index in [-0.39, 0.29) is 17.1 Å². The fraction of sp³-hybridized carbons (Fsp3) is 0.143. The van der Waals surface area contributed by atoms with Crippen LogP contribution in [0.2, 0.25) is 0 Å². The van der Waals surface area contributed by atoms with Gasteiger partial charge in [-0.3, -0.25) is 9.35 Å². The van der Waals surface area contributed by atoms with Gasteiger partial charge in [0.2, 0.25) is 0 Å². The Balaban J connectivity index is 0.000000550. The van der Waals surface area contributed by atoms with E-state index in [0.717, 1.165) is 0 Å². The van der Waals surface area contributed by atoms with Crippen molar-refractivity contribution in [3.05, 3.63) is 47.9 Å². The topological polar surface area (TPSA) is 149 Å². The molecule has 0 saturated carbocycles. The van der Waals surface area contributed by atoms with Crippen LogP contribution in [0.1, 0.15) is 22.5 Å². The molecule has 2 aromatic rings. The van der Waals surface area contributed by atoms with Gasteiger partial charge in [-0.05, 0) is 23.8 Å². The molecule has 1 amide bonds. The molecular weight excluding hydrogens is 360 g/mol. The maximum absolute atomic E-state index is 12.8. The van der Waals surface area contributed by atoms with Crippen molar-refractivity contribution in [1.29, 1.82) is 0 Å². The van der Waals surface area contributed by atoms with E-state index in [0.29, 0.717) is 11.8 Å². The van der Waals surface area contributed by atoms with Crippen molar-refractivity contribution >= 4 is 22.0 Å². The summed E-state index contributed by atoms with van der Waals surface area (Å²) in [6.45, 7) is 0. The number of rotatable bonds is 3. The Bertz CT molecular complexity index is 866. The minimum atomic E-state index is -3.67. The van der Waals surface area contributed by atoms with Gasteiger partial charge in [-0.25, -0.2) is 8.78 Å². The van der Waals surface area contributed by atoms with E-state index in [1.54, 1.807) is 12.1 Å².